The van der Waals surface area contributed by atoms with Crippen LogP contribution in [0, 0.1) is 0 Å². The number of allylic oxidation sites excluding steroid dienone is 1. The highest BCUT2D eigenvalue weighted by Gasteiger charge is 2.22. The zero-order valence-corrected chi connectivity index (χ0v) is 26.0. The lowest BCUT2D eigenvalue weighted by Crippen LogP contribution is -2.48. The third-order valence-electron chi connectivity index (χ3n) is 7.88. The van der Waals surface area contributed by atoms with Crippen molar-refractivity contribution in [2.75, 3.05) is 6.61 Å². The Morgan fingerprint density at radius 3 is 1.41 bits per heavy atom. The number of amides is 1. The summed E-state index contributed by atoms with van der Waals surface area (Å²) in [5.41, 5.74) is 0. The van der Waals surface area contributed by atoms with Crippen molar-refractivity contribution in [3.8, 4) is 0 Å². The summed E-state index contributed by atoms with van der Waals surface area (Å²) in [6.07, 6.45) is 32.2. The first-order chi connectivity index (χ1) is 19.1. The number of rotatable bonds is 30. The van der Waals surface area contributed by atoms with Crippen LogP contribution in [0.15, 0.2) is 12.2 Å². The zero-order chi connectivity index (χ0) is 28.8. The van der Waals surface area contributed by atoms with Crippen LogP contribution in [0.25, 0.3) is 0 Å². The number of aliphatic hydroxyl groups is 3. The summed E-state index contributed by atoms with van der Waals surface area (Å²) in [6, 6.07) is -0.789. The molecule has 3 atom stereocenters. The molecule has 0 heterocycles. The van der Waals surface area contributed by atoms with E-state index in [0.717, 1.165) is 32.1 Å². The van der Waals surface area contributed by atoms with Crippen molar-refractivity contribution < 1.29 is 20.1 Å². The Kier molecular flexibility index (Phi) is 29.4. The Labute approximate surface area is 242 Å². The molecule has 0 bridgehead atoms. The van der Waals surface area contributed by atoms with Gasteiger partial charge in [0.2, 0.25) is 5.91 Å². The number of hydrogen-bond donors (Lipinski definition) is 4. The smallest absolute Gasteiger partial charge is 0.249 e. The Hall–Kier alpha value is -0.910. The van der Waals surface area contributed by atoms with Crippen LogP contribution in [0.2, 0.25) is 0 Å². The second-order valence-corrected chi connectivity index (χ2v) is 11.7. The highest BCUT2D eigenvalue weighted by Crippen LogP contribution is 2.14. The standard InChI is InChI=1S/C34H67NO4/c1-3-5-7-9-11-13-15-17-19-20-22-24-26-28-32(37)31(30-36)35-34(39)33(38)29-27-25-23-21-18-16-14-12-10-8-6-4-2/h26,28,31-33,36-38H,3-25,27,29-30H2,1-2H3,(H,35,39)/t31-,32+,33-/m0/s1. The predicted octanol–water partition coefficient (Wildman–Crippen LogP) is 8.53. The van der Waals surface area contributed by atoms with Gasteiger partial charge in [0.05, 0.1) is 18.8 Å². The van der Waals surface area contributed by atoms with Crippen LogP contribution < -0.4 is 5.32 Å². The van der Waals surface area contributed by atoms with Crippen LogP contribution >= 0.6 is 0 Å². The third kappa shape index (κ3) is 25.8. The van der Waals surface area contributed by atoms with Gasteiger partial charge in [-0.3, -0.25) is 4.79 Å². The molecule has 5 heteroatoms. The summed E-state index contributed by atoms with van der Waals surface area (Å²) in [7, 11) is 0. The van der Waals surface area contributed by atoms with Crippen LogP contribution in [0.4, 0.5) is 0 Å². The molecule has 0 spiro atoms. The molecule has 0 aromatic heterocycles. The maximum absolute atomic E-state index is 12.3. The lowest BCUT2D eigenvalue weighted by molar-refractivity contribution is -0.131. The van der Waals surface area contributed by atoms with E-state index in [0.29, 0.717) is 6.42 Å². The van der Waals surface area contributed by atoms with Crippen LogP contribution in [0.1, 0.15) is 174 Å². The second kappa shape index (κ2) is 30.1. The molecule has 0 aliphatic carbocycles. The Bertz CT molecular complexity index is 539. The van der Waals surface area contributed by atoms with Crippen molar-refractivity contribution in [1.82, 2.24) is 5.32 Å². The van der Waals surface area contributed by atoms with Crippen LogP contribution in [-0.4, -0.2) is 46.1 Å². The topological polar surface area (TPSA) is 89.8 Å². The molecule has 39 heavy (non-hydrogen) atoms. The molecule has 0 rings (SSSR count). The van der Waals surface area contributed by atoms with Gasteiger partial charge in [-0.05, 0) is 19.3 Å². The van der Waals surface area contributed by atoms with E-state index in [4.69, 9.17) is 0 Å². The zero-order valence-electron chi connectivity index (χ0n) is 26.0. The number of carbonyl (C=O) groups is 1. The van der Waals surface area contributed by atoms with Gasteiger partial charge >= 0.3 is 0 Å². The van der Waals surface area contributed by atoms with Crippen LogP contribution in [-0.2, 0) is 4.79 Å². The molecule has 232 valence electrons. The Morgan fingerprint density at radius 1 is 0.615 bits per heavy atom. The van der Waals surface area contributed by atoms with Gasteiger partial charge < -0.3 is 20.6 Å². The average molecular weight is 554 g/mol. The highest BCUT2D eigenvalue weighted by atomic mass is 16.3. The van der Waals surface area contributed by atoms with Gasteiger partial charge in [-0.25, -0.2) is 0 Å². The van der Waals surface area contributed by atoms with E-state index < -0.39 is 24.2 Å². The highest BCUT2D eigenvalue weighted by molar-refractivity contribution is 5.80. The van der Waals surface area contributed by atoms with Crippen molar-refractivity contribution >= 4 is 5.91 Å². The SMILES string of the molecule is CCCCCCCCCCCCCC=C[C@@H](O)[C@H](CO)NC(=O)[C@@H](O)CCCCCCCCCCCCCC. The fourth-order valence-corrected chi connectivity index (χ4v) is 5.12. The molecule has 0 saturated heterocycles. The van der Waals surface area contributed by atoms with E-state index in [1.165, 1.54) is 122 Å². The van der Waals surface area contributed by atoms with Crippen molar-refractivity contribution in [3.63, 3.8) is 0 Å². The van der Waals surface area contributed by atoms with Gasteiger partial charge in [0.25, 0.3) is 0 Å². The van der Waals surface area contributed by atoms with E-state index in [1.807, 2.05) is 6.08 Å². The fourth-order valence-electron chi connectivity index (χ4n) is 5.12. The minimum Gasteiger partial charge on any atom is -0.394 e. The molecule has 0 aromatic rings. The maximum Gasteiger partial charge on any atom is 0.249 e. The van der Waals surface area contributed by atoms with Gasteiger partial charge in [0.15, 0.2) is 0 Å². The van der Waals surface area contributed by atoms with Gasteiger partial charge in [-0.2, -0.15) is 0 Å². The molecule has 0 aliphatic rings. The summed E-state index contributed by atoms with van der Waals surface area (Å²) in [4.78, 5) is 12.3. The molecule has 4 N–H and O–H groups in total. The average Bonchev–Trinajstić information content (AvgIpc) is 2.94. The normalized spacial score (nSPS) is 14.1. The van der Waals surface area contributed by atoms with E-state index in [9.17, 15) is 20.1 Å². The van der Waals surface area contributed by atoms with Crippen molar-refractivity contribution in [3.05, 3.63) is 12.2 Å². The first-order valence-electron chi connectivity index (χ1n) is 17.0. The van der Waals surface area contributed by atoms with Crippen molar-refractivity contribution in [1.29, 1.82) is 0 Å². The van der Waals surface area contributed by atoms with E-state index in [1.54, 1.807) is 6.08 Å². The van der Waals surface area contributed by atoms with Crippen molar-refractivity contribution in [2.24, 2.45) is 0 Å². The number of nitrogens with one attached hydrogen (secondary N) is 1. The second-order valence-electron chi connectivity index (χ2n) is 11.7. The number of aliphatic hydroxyl groups excluding tert-OH is 3. The summed E-state index contributed by atoms with van der Waals surface area (Å²) in [5, 5.41) is 32.8. The molecule has 5 nitrogen and oxygen atoms in total. The van der Waals surface area contributed by atoms with Gasteiger partial charge in [0.1, 0.15) is 6.10 Å². The molecular weight excluding hydrogens is 486 g/mol. The fraction of sp³-hybridized carbons (Fsp3) is 0.912. The summed E-state index contributed by atoms with van der Waals surface area (Å²) >= 11 is 0. The van der Waals surface area contributed by atoms with E-state index in [2.05, 4.69) is 19.2 Å². The molecule has 0 fully saturated rings. The quantitative estimate of drug-likeness (QED) is 0.0530. The maximum atomic E-state index is 12.3. The largest absolute Gasteiger partial charge is 0.394 e. The Balaban J connectivity index is 3.78. The number of carbonyl (C=O) groups excluding carboxylic acids is 1. The lowest BCUT2D eigenvalue weighted by Gasteiger charge is -2.21. The first-order valence-corrected chi connectivity index (χ1v) is 17.0. The minimum absolute atomic E-state index is 0.360. The number of unbranched alkanes of at least 4 members (excludes halogenated alkanes) is 22. The lowest BCUT2D eigenvalue weighted by atomic mass is 10.0. The van der Waals surface area contributed by atoms with Gasteiger partial charge in [0, 0.05) is 0 Å². The summed E-state index contributed by atoms with van der Waals surface area (Å²) in [5.74, 6) is -0.505. The van der Waals surface area contributed by atoms with Crippen molar-refractivity contribution in [2.45, 2.75) is 193 Å². The van der Waals surface area contributed by atoms with Gasteiger partial charge in [-0.1, -0.05) is 167 Å². The monoisotopic (exact) mass is 554 g/mol. The molecule has 0 aliphatic heterocycles. The molecule has 0 unspecified atom stereocenters. The number of hydrogen-bond acceptors (Lipinski definition) is 4. The molecular formula is C34H67NO4. The molecule has 0 aromatic carbocycles. The third-order valence-corrected chi connectivity index (χ3v) is 7.88. The molecule has 1 amide bonds. The van der Waals surface area contributed by atoms with Crippen LogP contribution in [0.3, 0.4) is 0 Å². The molecule has 0 radical (unpaired) electrons. The predicted molar refractivity (Wildman–Crippen MR) is 167 cm³/mol. The molecule has 0 saturated carbocycles. The van der Waals surface area contributed by atoms with E-state index >= 15 is 0 Å². The van der Waals surface area contributed by atoms with E-state index in [-0.39, 0.29) is 6.61 Å². The minimum atomic E-state index is -1.09. The summed E-state index contributed by atoms with van der Waals surface area (Å²) in [6.45, 7) is 4.15. The van der Waals surface area contributed by atoms with Crippen LogP contribution in [0.5, 0.6) is 0 Å². The van der Waals surface area contributed by atoms with Gasteiger partial charge in [-0.15, -0.1) is 0 Å². The summed E-state index contributed by atoms with van der Waals surface area (Å²) < 4.78 is 0. The Morgan fingerprint density at radius 2 is 1.00 bits per heavy atom. The first kappa shape index (κ1) is 38.1.